The molecule has 0 atom stereocenters. The summed E-state index contributed by atoms with van der Waals surface area (Å²) >= 11 is 0. The number of likely N-dealkylation sites (N-methyl/N-ethyl adjacent to an activating group) is 1. The van der Waals surface area contributed by atoms with Crippen LogP contribution in [0.3, 0.4) is 0 Å². The Morgan fingerprint density at radius 2 is 1.85 bits per heavy atom. The van der Waals surface area contributed by atoms with Gasteiger partial charge in [-0.2, -0.15) is 5.10 Å². The van der Waals surface area contributed by atoms with Crippen LogP contribution >= 0.6 is 0 Å². The van der Waals surface area contributed by atoms with Crippen LogP contribution in [-0.4, -0.2) is 51.8 Å². The summed E-state index contributed by atoms with van der Waals surface area (Å²) in [5.41, 5.74) is 1.88. The molecule has 1 aliphatic carbocycles. The van der Waals surface area contributed by atoms with E-state index in [4.69, 9.17) is 0 Å². The molecule has 0 radical (unpaired) electrons. The number of carbonyl (C=O) groups is 1. The maximum atomic E-state index is 12.6. The summed E-state index contributed by atoms with van der Waals surface area (Å²) in [6, 6.07) is 7.72. The van der Waals surface area contributed by atoms with E-state index in [2.05, 4.69) is 34.4 Å². The van der Waals surface area contributed by atoms with Crippen molar-refractivity contribution in [1.29, 1.82) is 0 Å². The Hall–Kier alpha value is -2.21. The van der Waals surface area contributed by atoms with Gasteiger partial charge in [-0.05, 0) is 44.6 Å². The lowest BCUT2D eigenvalue weighted by atomic mass is 9.88. The Morgan fingerprint density at radius 3 is 2.42 bits per heavy atom. The maximum Gasteiger partial charge on any atom is 0.251 e. The summed E-state index contributed by atoms with van der Waals surface area (Å²) in [5, 5.41) is 7.28. The van der Waals surface area contributed by atoms with Gasteiger partial charge < -0.3 is 10.2 Å². The Kier molecular flexibility index (Phi) is 6.04. The van der Waals surface area contributed by atoms with Crippen molar-refractivity contribution in [2.75, 3.05) is 20.6 Å². The van der Waals surface area contributed by atoms with Gasteiger partial charge in [-0.25, -0.2) is 9.67 Å². The molecule has 6 nitrogen and oxygen atoms in total. The summed E-state index contributed by atoms with van der Waals surface area (Å²) in [4.78, 5) is 18.9. The third-order valence-corrected chi connectivity index (χ3v) is 5.59. The summed E-state index contributed by atoms with van der Waals surface area (Å²) in [5.74, 6) is 0.00257. The molecule has 6 heteroatoms. The summed E-state index contributed by atoms with van der Waals surface area (Å²) in [6.45, 7) is 1.37. The van der Waals surface area contributed by atoms with Crippen LogP contribution < -0.4 is 5.32 Å². The first kappa shape index (κ1) is 18.6. The molecule has 1 saturated carbocycles. The van der Waals surface area contributed by atoms with E-state index >= 15 is 0 Å². The fourth-order valence-electron chi connectivity index (χ4n) is 3.78. The van der Waals surface area contributed by atoms with E-state index in [1.54, 1.807) is 11.0 Å². The highest BCUT2D eigenvalue weighted by Gasteiger charge is 2.33. The van der Waals surface area contributed by atoms with Crippen LogP contribution in [0.5, 0.6) is 0 Å². The average molecular weight is 355 g/mol. The molecule has 0 aliphatic heterocycles. The lowest BCUT2D eigenvalue weighted by Gasteiger charge is -2.39. The molecule has 0 spiro atoms. The van der Waals surface area contributed by atoms with Crippen molar-refractivity contribution in [2.45, 2.75) is 50.6 Å². The minimum Gasteiger partial charge on any atom is -0.350 e. The van der Waals surface area contributed by atoms with Gasteiger partial charge in [-0.1, -0.05) is 37.8 Å². The average Bonchev–Trinajstić information content (AvgIpc) is 3.02. The van der Waals surface area contributed by atoms with Crippen LogP contribution in [-0.2, 0) is 6.54 Å². The van der Waals surface area contributed by atoms with E-state index in [0.29, 0.717) is 18.7 Å². The fourth-order valence-corrected chi connectivity index (χ4v) is 3.78. The number of benzene rings is 1. The number of carbonyl (C=O) groups excluding carboxylic acids is 1. The van der Waals surface area contributed by atoms with Crippen LogP contribution in [0.4, 0.5) is 0 Å². The Morgan fingerprint density at radius 1 is 1.15 bits per heavy atom. The summed E-state index contributed by atoms with van der Waals surface area (Å²) < 4.78 is 1.77. The summed E-state index contributed by atoms with van der Waals surface area (Å²) in [6.07, 6.45) is 10.6. The SMILES string of the molecule is CN(C)C1(CNC(=O)c2ccc(Cn3cncn3)cc2)CCCCCC1. The number of amides is 1. The van der Waals surface area contributed by atoms with Gasteiger partial charge in [-0.3, -0.25) is 4.79 Å². The maximum absolute atomic E-state index is 12.6. The molecule has 0 saturated heterocycles. The number of aromatic nitrogens is 3. The van der Waals surface area contributed by atoms with Gasteiger partial charge in [0.05, 0.1) is 6.54 Å². The zero-order valence-electron chi connectivity index (χ0n) is 15.8. The quantitative estimate of drug-likeness (QED) is 0.809. The van der Waals surface area contributed by atoms with Gasteiger partial charge in [0.15, 0.2) is 0 Å². The third kappa shape index (κ3) is 4.49. The second-order valence-corrected chi connectivity index (χ2v) is 7.51. The van der Waals surface area contributed by atoms with Crippen molar-refractivity contribution in [3.8, 4) is 0 Å². The molecule has 3 rings (SSSR count). The minimum absolute atomic E-state index is 0.00257. The van der Waals surface area contributed by atoms with E-state index < -0.39 is 0 Å². The molecule has 1 amide bonds. The molecular formula is C20H29N5O. The first-order chi connectivity index (χ1) is 12.6. The standard InChI is InChI=1S/C20H29N5O/c1-24(2)20(11-5-3-4-6-12-20)14-22-19(26)18-9-7-17(8-10-18)13-25-16-21-15-23-25/h7-10,15-16H,3-6,11-14H2,1-2H3,(H,22,26). The Labute approximate surface area is 155 Å². The highest BCUT2D eigenvalue weighted by atomic mass is 16.1. The molecular weight excluding hydrogens is 326 g/mol. The Bertz CT molecular complexity index is 686. The molecule has 1 N–H and O–H groups in total. The predicted octanol–water partition coefficient (Wildman–Crippen LogP) is 2.71. The molecule has 0 unspecified atom stereocenters. The molecule has 1 heterocycles. The van der Waals surface area contributed by atoms with E-state index in [9.17, 15) is 4.79 Å². The normalized spacial score (nSPS) is 17.0. The zero-order valence-corrected chi connectivity index (χ0v) is 15.8. The molecule has 140 valence electrons. The molecule has 0 bridgehead atoms. The van der Waals surface area contributed by atoms with Crippen molar-refractivity contribution in [3.63, 3.8) is 0 Å². The van der Waals surface area contributed by atoms with Crippen molar-refractivity contribution in [3.05, 3.63) is 48.0 Å². The second kappa shape index (κ2) is 8.45. The van der Waals surface area contributed by atoms with Crippen molar-refractivity contribution in [1.82, 2.24) is 25.0 Å². The van der Waals surface area contributed by atoms with Crippen LogP contribution in [0, 0.1) is 0 Å². The van der Waals surface area contributed by atoms with Crippen molar-refractivity contribution >= 4 is 5.91 Å². The van der Waals surface area contributed by atoms with E-state index in [0.717, 1.165) is 18.4 Å². The van der Waals surface area contributed by atoms with Gasteiger partial charge in [0.25, 0.3) is 5.91 Å². The van der Waals surface area contributed by atoms with Crippen LogP contribution in [0.25, 0.3) is 0 Å². The first-order valence-corrected chi connectivity index (χ1v) is 9.46. The molecule has 26 heavy (non-hydrogen) atoms. The minimum atomic E-state index is 0.00257. The van der Waals surface area contributed by atoms with Gasteiger partial charge in [0.1, 0.15) is 12.7 Å². The van der Waals surface area contributed by atoms with Crippen molar-refractivity contribution < 1.29 is 4.79 Å². The highest BCUT2D eigenvalue weighted by Crippen LogP contribution is 2.30. The highest BCUT2D eigenvalue weighted by molar-refractivity contribution is 5.94. The zero-order chi connectivity index (χ0) is 18.4. The van der Waals surface area contributed by atoms with E-state index in [-0.39, 0.29) is 11.4 Å². The monoisotopic (exact) mass is 355 g/mol. The molecule has 1 aliphatic rings. The lowest BCUT2D eigenvalue weighted by Crippen LogP contribution is -2.52. The van der Waals surface area contributed by atoms with Gasteiger partial charge >= 0.3 is 0 Å². The van der Waals surface area contributed by atoms with Crippen molar-refractivity contribution in [2.24, 2.45) is 0 Å². The summed E-state index contributed by atoms with van der Waals surface area (Å²) in [7, 11) is 4.27. The fraction of sp³-hybridized carbons (Fsp3) is 0.550. The number of rotatable bonds is 6. The van der Waals surface area contributed by atoms with Crippen LogP contribution in [0.15, 0.2) is 36.9 Å². The largest absolute Gasteiger partial charge is 0.350 e. The number of hydrogen-bond acceptors (Lipinski definition) is 4. The van der Waals surface area contributed by atoms with Gasteiger partial charge in [0.2, 0.25) is 0 Å². The van der Waals surface area contributed by atoms with Gasteiger partial charge in [-0.15, -0.1) is 0 Å². The van der Waals surface area contributed by atoms with E-state index in [1.807, 2.05) is 24.3 Å². The third-order valence-electron chi connectivity index (χ3n) is 5.59. The molecule has 1 aromatic carbocycles. The smallest absolute Gasteiger partial charge is 0.251 e. The first-order valence-electron chi connectivity index (χ1n) is 9.46. The Balaban J connectivity index is 1.60. The van der Waals surface area contributed by atoms with E-state index in [1.165, 1.54) is 32.0 Å². The predicted molar refractivity (Wildman–Crippen MR) is 102 cm³/mol. The molecule has 1 fully saturated rings. The van der Waals surface area contributed by atoms with Crippen LogP contribution in [0.1, 0.15) is 54.4 Å². The second-order valence-electron chi connectivity index (χ2n) is 7.51. The number of hydrogen-bond donors (Lipinski definition) is 1. The number of nitrogens with one attached hydrogen (secondary N) is 1. The topological polar surface area (TPSA) is 63.1 Å². The number of nitrogens with zero attached hydrogens (tertiary/aromatic N) is 4. The van der Waals surface area contributed by atoms with Gasteiger partial charge in [0, 0.05) is 17.6 Å². The lowest BCUT2D eigenvalue weighted by molar-refractivity contribution is 0.0869. The van der Waals surface area contributed by atoms with Crippen LogP contribution in [0.2, 0.25) is 0 Å². The molecule has 2 aromatic rings. The molecule has 1 aromatic heterocycles.